The molecular formula is C45H31N5O2Si. The van der Waals surface area contributed by atoms with Gasteiger partial charge in [-0.2, -0.15) is 0 Å². The van der Waals surface area contributed by atoms with Crippen LogP contribution in [0.4, 0.5) is 0 Å². The van der Waals surface area contributed by atoms with Crippen LogP contribution in [0.15, 0.2) is 170 Å². The van der Waals surface area contributed by atoms with Crippen molar-refractivity contribution in [1.82, 2.24) is 24.5 Å². The summed E-state index contributed by atoms with van der Waals surface area (Å²) in [5.74, 6) is 4.06. The summed E-state index contributed by atoms with van der Waals surface area (Å²) in [6.07, 6.45) is 7.18. The molecular weight excluding hydrogens is 671 g/mol. The Morgan fingerprint density at radius 1 is 0.472 bits per heavy atom. The normalized spacial score (nSPS) is 14.6. The largest absolute Gasteiger partial charge is 0.457 e. The van der Waals surface area contributed by atoms with E-state index in [9.17, 15) is 0 Å². The van der Waals surface area contributed by atoms with Crippen LogP contribution >= 0.6 is 0 Å². The Labute approximate surface area is 306 Å². The molecule has 1 aliphatic rings. The maximum absolute atomic E-state index is 6.71. The summed E-state index contributed by atoms with van der Waals surface area (Å²) in [6.45, 7) is 2.38. The zero-order valence-corrected chi connectivity index (χ0v) is 29.7. The van der Waals surface area contributed by atoms with Gasteiger partial charge in [-0.3, -0.25) is 9.55 Å². The van der Waals surface area contributed by atoms with E-state index >= 15 is 0 Å². The quantitative estimate of drug-likeness (QED) is 0.155. The Morgan fingerprint density at radius 2 is 1.13 bits per heavy atom. The summed E-state index contributed by atoms with van der Waals surface area (Å²) >= 11 is 0. The van der Waals surface area contributed by atoms with Crippen LogP contribution in [-0.2, 0) is 0 Å². The van der Waals surface area contributed by atoms with Crippen LogP contribution in [0, 0.1) is 0 Å². The topological polar surface area (TPSA) is 75.0 Å². The van der Waals surface area contributed by atoms with Crippen LogP contribution in [0.5, 0.6) is 23.0 Å². The van der Waals surface area contributed by atoms with Gasteiger partial charge in [0.1, 0.15) is 28.8 Å². The second kappa shape index (κ2) is 12.4. The fourth-order valence-electron chi connectivity index (χ4n) is 7.75. The van der Waals surface area contributed by atoms with Gasteiger partial charge in [-0.25, -0.2) is 15.0 Å². The molecule has 0 aliphatic carbocycles. The van der Waals surface area contributed by atoms with E-state index in [-0.39, 0.29) is 0 Å². The lowest BCUT2D eigenvalue weighted by molar-refractivity contribution is 0.461. The first-order valence-corrected chi connectivity index (χ1v) is 20.0. The number of fused-ring (bicyclic) bond motifs is 6. The van der Waals surface area contributed by atoms with Gasteiger partial charge in [0.2, 0.25) is 0 Å². The average molecular weight is 702 g/mol. The smallest absolute Gasteiger partial charge is 0.169 e. The summed E-state index contributed by atoms with van der Waals surface area (Å²) < 4.78 is 15.5. The van der Waals surface area contributed by atoms with Crippen molar-refractivity contribution >= 4 is 45.6 Å². The van der Waals surface area contributed by atoms with Crippen LogP contribution in [0.25, 0.3) is 50.1 Å². The van der Waals surface area contributed by atoms with Gasteiger partial charge in [-0.15, -0.1) is 0 Å². The van der Waals surface area contributed by atoms with Gasteiger partial charge < -0.3 is 9.47 Å². The standard InChI is InChI=1S/C45H31N5O2Si/c1-53(44-16-7-9-22-47-44)41-14-5-3-12-37(41)38-20-18-32(29-42(38)53)52-34-26-30(45-48-23-10-24-49-45)25-33(27-34)51-31-17-19-36-35-11-2-4-13-39(35)50(40(36)28-31)43-15-6-8-21-46-43/h2-29H,1H3. The molecule has 10 rings (SSSR count). The second-order valence-electron chi connectivity index (χ2n) is 13.3. The number of pyridine rings is 2. The summed E-state index contributed by atoms with van der Waals surface area (Å²) in [7, 11) is -2.38. The van der Waals surface area contributed by atoms with Gasteiger partial charge in [-0.05, 0) is 94.3 Å². The van der Waals surface area contributed by atoms with Crippen LogP contribution in [-0.4, -0.2) is 32.6 Å². The SMILES string of the molecule is C[Si]1(c2ccccn2)c2ccccc2-c2ccc(Oc3cc(Oc4ccc5c6ccccc6n(-c6ccccn6)c5c4)cc(-c4ncccn4)c3)cc21. The number of rotatable bonds is 7. The predicted molar refractivity (Wildman–Crippen MR) is 213 cm³/mol. The number of ether oxygens (including phenoxy) is 2. The van der Waals surface area contributed by atoms with Gasteiger partial charge in [0, 0.05) is 58.6 Å². The van der Waals surface area contributed by atoms with Crippen molar-refractivity contribution in [2.24, 2.45) is 0 Å². The number of hydrogen-bond acceptors (Lipinski definition) is 6. The van der Waals surface area contributed by atoms with E-state index in [1.807, 2.05) is 73.1 Å². The van der Waals surface area contributed by atoms with Crippen molar-refractivity contribution in [2.45, 2.75) is 6.55 Å². The fourth-order valence-corrected chi connectivity index (χ4v) is 11.7. The zero-order valence-electron chi connectivity index (χ0n) is 28.7. The van der Waals surface area contributed by atoms with Crippen molar-refractivity contribution in [2.75, 3.05) is 0 Å². The summed E-state index contributed by atoms with van der Waals surface area (Å²) in [6, 6.07) is 49.5. The maximum Gasteiger partial charge on any atom is 0.169 e. The maximum atomic E-state index is 6.71. The number of aromatic nitrogens is 5. The van der Waals surface area contributed by atoms with Crippen LogP contribution in [0.3, 0.4) is 0 Å². The molecule has 5 aromatic carbocycles. The Hall–Kier alpha value is -6.90. The highest BCUT2D eigenvalue weighted by atomic mass is 28.3. The Balaban J connectivity index is 1.06. The number of hydrogen-bond donors (Lipinski definition) is 0. The molecule has 252 valence electrons. The average Bonchev–Trinajstić information content (AvgIpc) is 3.68. The van der Waals surface area contributed by atoms with Gasteiger partial charge in [-0.1, -0.05) is 67.2 Å². The monoisotopic (exact) mass is 701 g/mol. The highest BCUT2D eigenvalue weighted by Crippen LogP contribution is 2.38. The lowest BCUT2D eigenvalue weighted by Crippen LogP contribution is -2.63. The molecule has 0 saturated heterocycles. The van der Waals surface area contributed by atoms with Gasteiger partial charge in [0.25, 0.3) is 0 Å². The number of nitrogens with zero attached hydrogens (tertiary/aromatic N) is 5. The van der Waals surface area contributed by atoms with Crippen molar-refractivity contribution in [3.63, 3.8) is 0 Å². The molecule has 0 bridgehead atoms. The Kier molecular flexibility index (Phi) is 7.22. The fraction of sp³-hybridized carbons (Fsp3) is 0.0222. The third-order valence-electron chi connectivity index (χ3n) is 10.2. The van der Waals surface area contributed by atoms with E-state index < -0.39 is 8.07 Å². The van der Waals surface area contributed by atoms with E-state index in [0.717, 1.165) is 44.3 Å². The summed E-state index contributed by atoms with van der Waals surface area (Å²) in [4.78, 5) is 18.7. The molecule has 1 unspecified atom stereocenters. The highest BCUT2D eigenvalue weighted by Gasteiger charge is 2.44. The Morgan fingerprint density at radius 3 is 1.92 bits per heavy atom. The molecule has 4 aromatic heterocycles. The number of para-hydroxylation sites is 1. The van der Waals surface area contributed by atoms with Crippen LogP contribution in [0.2, 0.25) is 6.55 Å². The molecule has 0 radical (unpaired) electrons. The molecule has 1 aliphatic heterocycles. The molecule has 5 heterocycles. The molecule has 0 amide bonds. The third-order valence-corrected chi connectivity index (χ3v) is 14.5. The molecule has 0 spiro atoms. The first-order valence-electron chi connectivity index (χ1n) is 17.5. The lowest BCUT2D eigenvalue weighted by atomic mass is 10.1. The van der Waals surface area contributed by atoms with E-state index in [2.05, 4.69) is 111 Å². The summed E-state index contributed by atoms with van der Waals surface area (Å²) in [5, 5.41) is 6.04. The highest BCUT2D eigenvalue weighted by molar-refractivity contribution is 7.13. The molecule has 8 heteroatoms. The first-order chi connectivity index (χ1) is 26.1. The molecule has 53 heavy (non-hydrogen) atoms. The molecule has 9 aromatic rings. The van der Waals surface area contributed by atoms with Crippen molar-refractivity contribution in [1.29, 1.82) is 0 Å². The van der Waals surface area contributed by atoms with Crippen molar-refractivity contribution in [3.8, 4) is 51.3 Å². The predicted octanol–water partition coefficient (Wildman–Crippen LogP) is 8.70. The lowest BCUT2D eigenvalue weighted by Gasteiger charge is -2.24. The number of benzene rings is 5. The van der Waals surface area contributed by atoms with Gasteiger partial charge in [0.15, 0.2) is 13.9 Å². The molecule has 7 nitrogen and oxygen atoms in total. The minimum atomic E-state index is -2.38. The van der Waals surface area contributed by atoms with E-state index in [1.165, 1.54) is 21.5 Å². The van der Waals surface area contributed by atoms with Gasteiger partial charge >= 0.3 is 0 Å². The van der Waals surface area contributed by atoms with Gasteiger partial charge in [0.05, 0.1) is 11.0 Å². The van der Waals surface area contributed by atoms with E-state index in [0.29, 0.717) is 23.1 Å². The minimum Gasteiger partial charge on any atom is -0.457 e. The molecule has 0 saturated carbocycles. The first kappa shape index (κ1) is 30.9. The van der Waals surface area contributed by atoms with Crippen molar-refractivity contribution in [3.05, 3.63) is 170 Å². The Bertz CT molecular complexity index is 2810. The van der Waals surface area contributed by atoms with E-state index in [1.54, 1.807) is 12.4 Å². The van der Waals surface area contributed by atoms with Crippen LogP contribution in [0.1, 0.15) is 0 Å². The summed E-state index contributed by atoms with van der Waals surface area (Å²) in [5.41, 5.74) is 5.37. The minimum absolute atomic E-state index is 0.577. The van der Waals surface area contributed by atoms with Crippen molar-refractivity contribution < 1.29 is 9.47 Å². The van der Waals surface area contributed by atoms with E-state index in [4.69, 9.17) is 14.5 Å². The second-order valence-corrected chi connectivity index (χ2v) is 17.1. The third kappa shape index (κ3) is 5.19. The molecule has 0 fully saturated rings. The molecule has 0 N–H and O–H groups in total. The zero-order chi connectivity index (χ0) is 35.4. The van der Waals surface area contributed by atoms with Crippen LogP contribution < -0.4 is 25.2 Å². The molecule has 1 atom stereocenters.